The molecule has 0 aliphatic rings. The van der Waals surface area contributed by atoms with Crippen LogP contribution in [0.25, 0.3) is 11.0 Å². The fourth-order valence-electron chi connectivity index (χ4n) is 3.21. The number of nitrogens with two attached hydrogens (primary N) is 1. The first-order valence-electron chi connectivity index (χ1n) is 9.29. The maximum atomic E-state index is 12.1. The van der Waals surface area contributed by atoms with Gasteiger partial charge < -0.3 is 10.6 Å². The normalized spacial score (nSPS) is 11.6. The summed E-state index contributed by atoms with van der Waals surface area (Å²) in [5.41, 5.74) is 3.77. The number of fused-ring (bicyclic) bond motifs is 1. The summed E-state index contributed by atoms with van der Waals surface area (Å²) in [5, 5.41) is 11.4. The largest absolute Gasteiger partial charge is 0.340 e. The molecule has 4 aromatic rings. The molecule has 0 amide bonds. The fourth-order valence-corrected chi connectivity index (χ4v) is 3.72. The van der Waals surface area contributed by atoms with Gasteiger partial charge in [0, 0.05) is 37.2 Å². The van der Waals surface area contributed by atoms with Crippen LogP contribution >= 0.6 is 0 Å². The number of rotatable bonds is 5. The number of hydrogen-bond acceptors (Lipinski definition) is 7. The van der Waals surface area contributed by atoms with Gasteiger partial charge in [-0.05, 0) is 49.4 Å². The zero-order chi connectivity index (χ0) is 22.3. The molecule has 0 atom stereocenters. The Balaban J connectivity index is 1.60. The van der Waals surface area contributed by atoms with Crippen molar-refractivity contribution in [1.29, 1.82) is 0 Å². The SMILES string of the molecule is Cc1cnc(Nc2ccc(S(N)(=O)=O)cc2)nc1Nc1ccc2c(c1)n(C)c(=O)n2C. The second-order valence-corrected chi connectivity index (χ2v) is 8.71. The summed E-state index contributed by atoms with van der Waals surface area (Å²) in [6.07, 6.45) is 1.67. The number of sulfonamides is 1. The summed E-state index contributed by atoms with van der Waals surface area (Å²) in [4.78, 5) is 20.9. The number of aromatic nitrogens is 4. The van der Waals surface area contributed by atoms with Crippen LogP contribution < -0.4 is 21.5 Å². The van der Waals surface area contributed by atoms with Crippen molar-refractivity contribution in [3.8, 4) is 0 Å². The average Bonchev–Trinajstić information content (AvgIpc) is 2.94. The average molecular weight is 440 g/mol. The number of imidazole rings is 1. The molecule has 0 bridgehead atoms. The van der Waals surface area contributed by atoms with Crippen LogP contribution in [0.5, 0.6) is 0 Å². The van der Waals surface area contributed by atoms with E-state index in [0.29, 0.717) is 17.5 Å². The number of aryl methyl sites for hydroxylation is 3. The van der Waals surface area contributed by atoms with Crippen molar-refractivity contribution in [3.63, 3.8) is 0 Å². The molecule has 0 spiro atoms. The van der Waals surface area contributed by atoms with Crippen molar-refractivity contribution in [2.24, 2.45) is 19.2 Å². The quantitative estimate of drug-likeness (QED) is 0.433. The maximum Gasteiger partial charge on any atom is 0.328 e. The molecule has 31 heavy (non-hydrogen) atoms. The van der Waals surface area contributed by atoms with E-state index in [1.165, 1.54) is 12.1 Å². The zero-order valence-electron chi connectivity index (χ0n) is 17.1. The molecule has 0 unspecified atom stereocenters. The van der Waals surface area contributed by atoms with Crippen LogP contribution in [0.2, 0.25) is 0 Å². The number of nitrogens with one attached hydrogen (secondary N) is 2. The lowest BCUT2D eigenvalue weighted by molar-refractivity contribution is 0.598. The standard InChI is InChI=1S/C20H21N7O3S/c1-12-11-22-19(24-13-4-7-15(8-5-13)31(21,29)30)25-18(12)23-14-6-9-16-17(10-14)27(3)20(28)26(16)2/h4-11H,1-3H3,(H2,21,29,30)(H2,22,23,24,25). The van der Waals surface area contributed by atoms with Gasteiger partial charge >= 0.3 is 5.69 Å². The summed E-state index contributed by atoms with van der Waals surface area (Å²) in [5.74, 6) is 0.934. The highest BCUT2D eigenvalue weighted by Crippen LogP contribution is 2.24. The molecule has 0 aliphatic carbocycles. The molecular formula is C20H21N7O3S. The van der Waals surface area contributed by atoms with Crippen molar-refractivity contribution in [1.82, 2.24) is 19.1 Å². The highest BCUT2D eigenvalue weighted by Gasteiger charge is 2.11. The first kappa shape index (κ1) is 20.6. The van der Waals surface area contributed by atoms with Crippen LogP contribution in [-0.4, -0.2) is 27.5 Å². The summed E-state index contributed by atoms with van der Waals surface area (Å²) < 4.78 is 26.0. The Morgan fingerprint density at radius 1 is 0.935 bits per heavy atom. The van der Waals surface area contributed by atoms with Crippen LogP contribution in [0.3, 0.4) is 0 Å². The van der Waals surface area contributed by atoms with E-state index in [1.807, 2.05) is 25.1 Å². The van der Waals surface area contributed by atoms with Crippen molar-refractivity contribution < 1.29 is 8.42 Å². The van der Waals surface area contributed by atoms with Crippen molar-refractivity contribution >= 4 is 44.2 Å². The Kier molecular flexibility index (Phi) is 4.99. The minimum absolute atomic E-state index is 0.0240. The predicted octanol–water partition coefficient (Wildman–Crippen LogP) is 2.11. The van der Waals surface area contributed by atoms with E-state index < -0.39 is 10.0 Å². The Bertz CT molecular complexity index is 1450. The molecule has 0 saturated carbocycles. The van der Waals surface area contributed by atoms with Gasteiger partial charge in [-0.25, -0.2) is 23.3 Å². The van der Waals surface area contributed by atoms with Gasteiger partial charge in [-0.15, -0.1) is 0 Å². The zero-order valence-corrected chi connectivity index (χ0v) is 17.9. The first-order valence-corrected chi connectivity index (χ1v) is 10.8. The molecule has 0 radical (unpaired) electrons. The molecule has 2 aromatic carbocycles. The van der Waals surface area contributed by atoms with Crippen molar-refractivity contribution in [3.05, 3.63) is 64.7 Å². The van der Waals surface area contributed by atoms with E-state index in [0.717, 1.165) is 22.3 Å². The van der Waals surface area contributed by atoms with E-state index in [-0.39, 0.29) is 10.6 Å². The van der Waals surface area contributed by atoms with E-state index in [4.69, 9.17) is 5.14 Å². The third-order valence-corrected chi connectivity index (χ3v) is 5.87. The molecule has 2 heterocycles. The third kappa shape index (κ3) is 4.00. The molecule has 0 fully saturated rings. The molecule has 0 aliphatic heterocycles. The Hall–Kier alpha value is -3.70. The number of hydrogen-bond donors (Lipinski definition) is 3. The fraction of sp³-hybridized carbons (Fsp3) is 0.150. The lowest BCUT2D eigenvalue weighted by atomic mass is 10.2. The molecule has 4 N–H and O–H groups in total. The van der Waals surface area contributed by atoms with Crippen LogP contribution in [0.15, 0.2) is 58.4 Å². The van der Waals surface area contributed by atoms with Crippen LogP contribution in [0.4, 0.5) is 23.1 Å². The third-order valence-electron chi connectivity index (χ3n) is 4.95. The van der Waals surface area contributed by atoms with Gasteiger partial charge in [0.05, 0.1) is 15.9 Å². The van der Waals surface area contributed by atoms with Crippen molar-refractivity contribution in [2.75, 3.05) is 10.6 Å². The minimum atomic E-state index is -3.75. The molecule has 2 aromatic heterocycles. The molecule has 0 saturated heterocycles. The predicted molar refractivity (Wildman–Crippen MR) is 119 cm³/mol. The van der Waals surface area contributed by atoms with Gasteiger partial charge in [0.2, 0.25) is 16.0 Å². The molecule has 10 nitrogen and oxygen atoms in total. The Morgan fingerprint density at radius 2 is 1.58 bits per heavy atom. The monoisotopic (exact) mass is 439 g/mol. The minimum Gasteiger partial charge on any atom is -0.340 e. The number of anilines is 4. The summed E-state index contributed by atoms with van der Waals surface area (Å²) in [6, 6.07) is 11.6. The molecule has 11 heteroatoms. The first-order chi connectivity index (χ1) is 14.6. The summed E-state index contributed by atoms with van der Waals surface area (Å²) in [6.45, 7) is 1.88. The maximum absolute atomic E-state index is 12.1. The highest BCUT2D eigenvalue weighted by atomic mass is 32.2. The summed E-state index contributed by atoms with van der Waals surface area (Å²) >= 11 is 0. The van der Waals surface area contributed by atoms with E-state index in [9.17, 15) is 13.2 Å². The van der Waals surface area contributed by atoms with Gasteiger partial charge in [-0.3, -0.25) is 9.13 Å². The van der Waals surface area contributed by atoms with Gasteiger partial charge in [-0.2, -0.15) is 4.98 Å². The van der Waals surface area contributed by atoms with Gasteiger partial charge in [0.1, 0.15) is 5.82 Å². The van der Waals surface area contributed by atoms with Gasteiger partial charge in [0.25, 0.3) is 0 Å². The van der Waals surface area contributed by atoms with E-state index in [2.05, 4.69) is 20.6 Å². The van der Waals surface area contributed by atoms with E-state index >= 15 is 0 Å². The second kappa shape index (κ2) is 7.52. The topological polar surface area (TPSA) is 137 Å². The van der Waals surface area contributed by atoms with E-state index in [1.54, 1.807) is 41.6 Å². The van der Waals surface area contributed by atoms with Crippen LogP contribution in [0, 0.1) is 6.92 Å². The summed E-state index contributed by atoms with van der Waals surface area (Å²) in [7, 11) is -0.286. The number of nitrogens with zero attached hydrogens (tertiary/aromatic N) is 4. The second-order valence-electron chi connectivity index (χ2n) is 7.15. The highest BCUT2D eigenvalue weighted by molar-refractivity contribution is 7.89. The lowest BCUT2D eigenvalue weighted by Crippen LogP contribution is -2.19. The Labute approximate surface area is 178 Å². The van der Waals surface area contributed by atoms with Crippen LogP contribution in [-0.2, 0) is 24.1 Å². The van der Waals surface area contributed by atoms with Crippen LogP contribution in [0.1, 0.15) is 5.56 Å². The lowest BCUT2D eigenvalue weighted by Gasteiger charge is -2.11. The molecular weight excluding hydrogens is 418 g/mol. The number of benzene rings is 2. The van der Waals surface area contributed by atoms with Gasteiger partial charge in [-0.1, -0.05) is 0 Å². The molecule has 4 rings (SSSR count). The Morgan fingerprint density at radius 3 is 2.26 bits per heavy atom. The van der Waals surface area contributed by atoms with Crippen molar-refractivity contribution in [2.45, 2.75) is 11.8 Å². The molecule has 160 valence electrons. The van der Waals surface area contributed by atoms with Gasteiger partial charge in [0.15, 0.2) is 0 Å². The smallest absolute Gasteiger partial charge is 0.328 e. The number of primary sulfonamides is 1.